The molecule has 0 radical (unpaired) electrons. The normalized spacial score (nSPS) is 10.5. The summed E-state index contributed by atoms with van der Waals surface area (Å²) >= 11 is 0. The monoisotopic (exact) mass is 469 g/mol. The summed E-state index contributed by atoms with van der Waals surface area (Å²) in [6.45, 7) is 7.94. The molecule has 0 aliphatic carbocycles. The summed E-state index contributed by atoms with van der Waals surface area (Å²) in [5.41, 5.74) is 0. The number of hydrogen-bond donors (Lipinski definition) is 1. The summed E-state index contributed by atoms with van der Waals surface area (Å²) in [5.74, 6) is 2.06. The van der Waals surface area contributed by atoms with E-state index in [2.05, 4.69) is 19.9 Å². The van der Waals surface area contributed by atoms with Crippen LogP contribution < -0.4 is 0 Å². The number of rotatable bonds is 3. The Hall–Kier alpha value is -0.0981. The van der Waals surface area contributed by atoms with Gasteiger partial charge in [0, 0.05) is 10.8 Å². The van der Waals surface area contributed by atoms with Crippen molar-refractivity contribution in [2.24, 2.45) is 0 Å². The van der Waals surface area contributed by atoms with Crippen LogP contribution in [0, 0.1) is 45.0 Å². The summed E-state index contributed by atoms with van der Waals surface area (Å²) < 4.78 is 0. The van der Waals surface area contributed by atoms with Gasteiger partial charge < -0.3 is 5.11 Å². The quantitative estimate of drug-likeness (QED) is 0.541. The molecule has 2 rings (SSSR count). The van der Waals surface area contributed by atoms with E-state index in [1.54, 1.807) is 6.07 Å². The van der Waals surface area contributed by atoms with Crippen molar-refractivity contribution in [1.82, 2.24) is 0 Å². The average Bonchev–Trinajstić information content (AvgIpc) is 2.34. The molecule has 0 aliphatic rings. The maximum atomic E-state index is 9.79. The standard InChI is InChI=1S/C14H15OS.U/c1-3-16(4-2)14-10-9-13(15)11-7-5-6-8-12(11)14;/h5-10,15H,1-4H2;/q-1;+2. The summed E-state index contributed by atoms with van der Waals surface area (Å²) in [7, 11) is 0.0820. The number of benzene rings is 2. The van der Waals surface area contributed by atoms with E-state index in [9.17, 15) is 5.11 Å². The molecule has 0 amide bonds. The minimum atomic E-state index is 0. The molecule has 2 aromatic rings. The fourth-order valence-electron chi connectivity index (χ4n) is 1.83. The second-order valence-corrected chi connectivity index (χ2v) is 5.77. The minimum Gasteiger partial charge on any atom is -0.507 e. The van der Waals surface area contributed by atoms with Crippen molar-refractivity contribution in [2.45, 2.75) is 4.90 Å². The van der Waals surface area contributed by atoms with Crippen molar-refractivity contribution < 1.29 is 36.2 Å². The fraction of sp³-hybridized carbons (Fsp3) is 0.143. The van der Waals surface area contributed by atoms with Crippen molar-refractivity contribution in [2.75, 3.05) is 11.5 Å². The van der Waals surface area contributed by atoms with E-state index in [-0.39, 0.29) is 42.0 Å². The van der Waals surface area contributed by atoms with Crippen LogP contribution in [0.25, 0.3) is 10.8 Å². The number of hydrogen-bond acceptors (Lipinski definition) is 1. The van der Waals surface area contributed by atoms with Gasteiger partial charge in [0.05, 0.1) is 0 Å². The molecule has 0 aliphatic heterocycles. The van der Waals surface area contributed by atoms with Gasteiger partial charge in [-0.2, -0.15) is 0 Å². The predicted molar refractivity (Wildman–Crippen MR) is 71.7 cm³/mol. The van der Waals surface area contributed by atoms with E-state index in [0.717, 1.165) is 22.3 Å². The molecule has 0 saturated heterocycles. The van der Waals surface area contributed by atoms with E-state index in [0.29, 0.717) is 5.75 Å². The van der Waals surface area contributed by atoms with Crippen molar-refractivity contribution in [1.29, 1.82) is 0 Å². The predicted octanol–water partition coefficient (Wildman–Crippen LogP) is 3.19. The van der Waals surface area contributed by atoms with E-state index in [1.807, 2.05) is 24.3 Å². The van der Waals surface area contributed by atoms with Crippen LogP contribution in [0.2, 0.25) is 0 Å². The number of phenols is 1. The van der Waals surface area contributed by atoms with Gasteiger partial charge in [-0.25, -0.2) is 0 Å². The molecule has 0 unspecified atom stereocenters. The van der Waals surface area contributed by atoms with Crippen molar-refractivity contribution in [3.05, 3.63) is 50.2 Å². The Morgan fingerprint density at radius 2 is 1.53 bits per heavy atom. The molecule has 1 N–H and O–H groups in total. The van der Waals surface area contributed by atoms with Crippen LogP contribution in [-0.4, -0.2) is 16.6 Å². The minimum absolute atomic E-state index is 0. The van der Waals surface area contributed by atoms with Gasteiger partial charge in [0.25, 0.3) is 0 Å². The molecule has 0 spiro atoms. The summed E-state index contributed by atoms with van der Waals surface area (Å²) in [6, 6.07) is 11.7. The molecule has 0 atom stereocenters. The number of aromatic hydroxyl groups is 1. The van der Waals surface area contributed by atoms with Crippen LogP contribution >= 0.6 is 0 Å². The van der Waals surface area contributed by atoms with Crippen molar-refractivity contribution >= 4 is 21.7 Å². The molecule has 17 heavy (non-hydrogen) atoms. The fourth-order valence-corrected chi connectivity index (χ4v) is 3.22. The molecule has 3 heteroatoms. The molecule has 0 fully saturated rings. The average molecular weight is 469 g/mol. The topological polar surface area (TPSA) is 20.2 Å². The SMILES string of the molecule is [CH2-]C[S+](C[CH2-])c1ccc(O)c2ccccc12.[U+2]. The second kappa shape index (κ2) is 6.73. The van der Waals surface area contributed by atoms with Gasteiger partial charge in [0.15, 0.2) is 4.90 Å². The molecular formula is C14H15OSU+. The van der Waals surface area contributed by atoms with Gasteiger partial charge in [-0.05, 0) is 40.6 Å². The second-order valence-electron chi connectivity index (χ2n) is 3.53. The molecule has 0 aromatic heterocycles. The maximum absolute atomic E-state index is 9.79. The van der Waals surface area contributed by atoms with Crippen molar-refractivity contribution in [3.8, 4) is 5.75 Å². The Morgan fingerprint density at radius 1 is 0.941 bits per heavy atom. The van der Waals surface area contributed by atoms with Crippen molar-refractivity contribution in [3.63, 3.8) is 0 Å². The van der Waals surface area contributed by atoms with E-state index in [4.69, 9.17) is 0 Å². The van der Waals surface area contributed by atoms with Crippen LogP contribution in [0.1, 0.15) is 0 Å². The van der Waals surface area contributed by atoms with Crippen LogP contribution in [0.5, 0.6) is 5.75 Å². The molecule has 0 heterocycles. The van der Waals surface area contributed by atoms with Gasteiger partial charge in [-0.15, -0.1) is 0 Å². The third-order valence-electron chi connectivity index (χ3n) is 2.66. The largest absolute Gasteiger partial charge is 2.00 e. The Balaban J connectivity index is 0.00000144. The van der Waals surface area contributed by atoms with Crippen LogP contribution in [-0.2, 0) is 10.9 Å². The van der Waals surface area contributed by atoms with Gasteiger partial charge in [-0.3, -0.25) is 13.8 Å². The van der Waals surface area contributed by atoms with Crippen LogP contribution in [0.4, 0.5) is 0 Å². The molecule has 1 nitrogen and oxygen atoms in total. The third-order valence-corrected chi connectivity index (χ3v) is 4.63. The van der Waals surface area contributed by atoms with E-state index >= 15 is 0 Å². The Kier molecular flexibility index (Phi) is 5.93. The van der Waals surface area contributed by atoms with Gasteiger partial charge in [0.2, 0.25) is 0 Å². The van der Waals surface area contributed by atoms with Gasteiger partial charge in [-0.1, -0.05) is 18.2 Å². The first-order valence-corrected chi connectivity index (χ1v) is 6.81. The molecule has 0 bridgehead atoms. The molecular weight excluding hydrogens is 454 g/mol. The van der Waals surface area contributed by atoms with Gasteiger partial charge >= 0.3 is 31.1 Å². The van der Waals surface area contributed by atoms with Crippen LogP contribution in [0.3, 0.4) is 0 Å². The molecule has 0 saturated carbocycles. The zero-order chi connectivity index (χ0) is 11.5. The first kappa shape index (κ1) is 15.0. The smallest absolute Gasteiger partial charge is 0.507 e. The zero-order valence-electron chi connectivity index (χ0n) is 9.65. The number of fused-ring (bicyclic) bond motifs is 1. The molecule has 2 aromatic carbocycles. The summed E-state index contributed by atoms with van der Waals surface area (Å²) in [5, 5.41) is 11.8. The summed E-state index contributed by atoms with van der Waals surface area (Å²) in [4.78, 5) is 1.26. The van der Waals surface area contributed by atoms with Crippen LogP contribution in [0.15, 0.2) is 41.3 Å². The first-order valence-electron chi connectivity index (χ1n) is 5.24. The maximum Gasteiger partial charge on any atom is 2.00 e. The summed E-state index contributed by atoms with van der Waals surface area (Å²) in [6.07, 6.45) is 0. The first-order chi connectivity index (χ1) is 7.77. The molecule has 86 valence electrons. The van der Waals surface area contributed by atoms with Gasteiger partial charge in [0.1, 0.15) is 5.75 Å². The van der Waals surface area contributed by atoms with E-state index in [1.165, 1.54) is 4.90 Å². The Bertz CT molecular complexity index is 495. The van der Waals surface area contributed by atoms with E-state index < -0.39 is 0 Å². The Morgan fingerprint density at radius 3 is 2.12 bits per heavy atom. The Labute approximate surface area is 129 Å². The third kappa shape index (κ3) is 3.02. The number of phenolic OH excluding ortho intramolecular Hbond substituents is 1. The zero-order valence-corrected chi connectivity index (χ0v) is 14.6.